The predicted octanol–water partition coefficient (Wildman–Crippen LogP) is 3.82. The monoisotopic (exact) mass is 368 g/mol. The number of nitrogens with zero attached hydrogens (tertiary/aromatic N) is 1. The van der Waals surface area contributed by atoms with Crippen LogP contribution in [0, 0.1) is 6.92 Å². The maximum absolute atomic E-state index is 12.0. The van der Waals surface area contributed by atoms with Gasteiger partial charge in [0.15, 0.2) is 6.61 Å². The lowest BCUT2D eigenvalue weighted by atomic mass is 10.2. The van der Waals surface area contributed by atoms with E-state index in [0.717, 1.165) is 21.1 Å². The summed E-state index contributed by atoms with van der Waals surface area (Å²) in [6, 6.07) is 17.2. The summed E-state index contributed by atoms with van der Waals surface area (Å²) in [6.07, 6.45) is 0. The van der Waals surface area contributed by atoms with Gasteiger partial charge in [-0.05, 0) is 19.1 Å². The fourth-order valence-electron chi connectivity index (χ4n) is 2.37. The number of thiazole rings is 1. The van der Waals surface area contributed by atoms with Crippen molar-refractivity contribution in [3.8, 4) is 22.1 Å². The first-order chi connectivity index (χ1) is 12.7. The fraction of sp³-hybridized carbons (Fsp3) is 0.200. The molecule has 5 nitrogen and oxygen atoms in total. The molecule has 0 aliphatic carbocycles. The molecule has 0 spiro atoms. The minimum atomic E-state index is -0.179. The first kappa shape index (κ1) is 17.9. The van der Waals surface area contributed by atoms with Gasteiger partial charge in [-0.2, -0.15) is 0 Å². The highest BCUT2D eigenvalue weighted by Crippen LogP contribution is 2.27. The lowest BCUT2D eigenvalue weighted by Crippen LogP contribution is -2.28. The molecular weight excluding hydrogens is 348 g/mol. The third kappa shape index (κ3) is 4.61. The Hall–Kier alpha value is -2.86. The molecule has 0 bridgehead atoms. The number of methoxy groups -OCH3 is 1. The molecule has 3 rings (SSSR count). The second kappa shape index (κ2) is 8.49. The standard InChI is InChI=1S/C20H20N2O3S/c1-14-18(26-20(22-14)15-7-4-3-5-8-15)12-21-19(23)13-25-17-10-6-9-16(11-17)24-2/h3-11H,12-13H2,1-2H3,(H,21,23). The third-order valence-electron chi connectivity index (χ3n) is 3.77. The Bertz CT molecular complexity index is 878. The highest BCUT2D eigenvalue weighted by atomic mass is 32.1. The SMILES string of the molecule is COc1cccc(OCC(=O)NCc2sc(-c3ccccc3)nc2C)c1. The van der Waals surface area contributed by atoms with Gasteiger partial charge in [0.05, 0.1) is 19.3 Å². The fourth-order valence-corrected chi connectivity index (χ4v) is 3.37. The number of carbonyl (C=O) groups excluding carboxylic acids is 1. The molecule has 6 heteroatoms. The average Bonchev–Trinajstić information content (AvgIpc) is 3.06. The van der Waals surface area contributed by atoms with Gasteiger partial charge in [0.2, 0.25) is 0 Å². The molecule has 0 unspecified atom stereocenters. The van der Waals surface area contributed by atoms with Crippen LogP contribution in [0.4, 0.5) is 0 Å². The van der Waals surface area contributed by atoms with Gasteiger partial charge in [0.1, 0.15) is 16.5 Å². The van der Waals surface area contributed by atoms with E-state index in [-0.39, 0.29) is 12.5 Å². The van der Waals surface area contributed by atoms with E-state index >= 15 is 0 Å². The molecule has 1 amide bonds. The second-order valence-corrected chi connectivity index (χ2v) is 6.72. The molecule has 0 fully saturated rings. The van der Waals surface area contributed by atoms with Crippen LogP contribution in [-0.4, -0.2) is 24.6 Å². The zero-order valence-corrected chi connectivity index (χ0v) is 15.5. The van der Waals surface area contributed by atoms with E-state index in [4.69, 9.17) is 9.47 Å². The van der Waals surface area contributed by atoms with E-state index in [1.165, 1.54) is 0 Å². The zero-order valence-electron chi connectivity index (χ0n) is 14.7. The maximum Gasteiger partial charge on any atom is 0.258 e. The molecule has 1 N–H and O–H groups in total. The van der Waals surface area contributed by atoms with Crippen LogP contribution in [0.15, 0.2) is 54.6 Å². The molecule has 0 aliphatic rings. The Balaban J connectivity index is 1.54. The van der Waals surface area contributed by atoms with E-state index in [2.05, 4.69) is 10.3 Å². The maximum atomic E-state index is 12.0. The number of hydrogen-bond acceptors (Lipinski definition) is 5. The van der Waals surface area contributed by atoms with Gasteiger partial charge in [-0.1, -0.05) is 36.4 Å². The number of benzene rings is 2. The van der Waals surface area contributed by atoms with Gasteiger partial charge in [0.25, 0.3) is 5.91 Å². The van der Waals surface area contributed by atoms with Crippen molar-refractivity contribution < 1.29 is 14.3 Å². The quantitative estimate of drug-likeness (QED) is 0.689. The van der Waals surface area contributed by atoms with E-state index in [1.807, 2.05) is 49.4 Å². The largest absolute Gasteiger partial charge is 0.497 e. The molecule has 26 heavy (non-hydrogen) atoms. The Morgan fingerprint density at radius 3 is 2.65 bits per heavy atom. The number of rotatable bonds is 7. The average molecular weight is 368 g/mol. The van der Waals surface area contributed by atoms with Crippen molar-refractivity contribution >= 4 is 17.2 Å². The third-order valence-corrected chi connectivity index (χ3v) is 4.98. The van der Waals surface area contributed by atoms with E-state index < -0.39 is 0 Å². The van der Waals surface area contributed by atoms with E-state index in [9.17, 15) is 4.79 Å². The molecule has 0 radical (unpaired) electrons. The van der Waals surface area contributed by atoms with Crippen LogP contribution < -0.4 is 14.8 Å². The summed E-state index contributed by atoms with van der Waals surface area (Å²) < 4.78 is 10.6. The van der Waals surface area contributed by atoms with Crippen molar-refractivity contribution in [2.24, 2.45) is 0 Å². The van der Waals surface area contributed by atoms with Crippen LogP contribution in [-0.2, 0) is 11.3 Å². The molecular formula is C20H20N2O3S. The van der Waals surface area contributed by atoms with Crippen molar-refractivity contribution in [3.63, 3.8) is 0 Å². The minimum Gasteiger partial charge on any atom is -0.497 e. The second-order valence-electron chi connectivity index (χ2n) is 5.64. The molecule has 0 atom stereocenters. The first-order valence-corrected chi connectivity index (χ1v) is 9.02. The van der Waals surface area contributed by atoms with E-state index in [0.29, 0.717) is 18.0 Å². The van der Waals surface area contributed by atoms with Crippen molar-refractivity contribution in [1.29, 1.82) is 0 Å². The molecule has 1 heterocycles. The van der Waals surface area contributed by atoms with Gasteiger partial charge in [-0.15, -0.1) is 11.3 Å². The lowest BCUT2D eigenvalue weighted by Gasteiger charge is -2.08. The number of aromatic nitrogens is 1. The Kier molecular flexibility index (Phi) is 5.86. The van der Waals surface area contributed by atoms with Gasteiger partial charge in [-0.3, -0.25) is 4.79 Å². The summed E-state index contributed by atoms with van der Waals surface area (Å²) in [5.74, 6) is 1.11. The Labute approximate surface area is 156 Å². The number of aryl methyl sites for hydroxylation is 1. The first-order valence-electron chi connectivity index (χ1n) is 8.21. The summed E-state index contributed by atoms with van der Waals surface area (Å²) in [5.41, 5.74) is 2.02. The molecule has 0 saturated carbocycles. The van der Waals surface area contributed by atoms with Gasteiger partial charge in [0, 0.05) is 16.5 Å². The van der Waals surface area contributed by atoms with Crippen LogP contribution >= 0.6 is 11.3 Å². The van der Waals surface area contributed by atoms with Crippen LogP contribution in [0.5, 0.6) is 11.5 Å². The highest BCUT2D eigenvalue weighted by molar-refractivity contribution is 7.15. The zero-order chi connectivity index (χ0) is 18.4. The van der Waals surface area contributed by atoms with Crippen LogP contribution in [0.25, 0.3) is 10.6 Å². The van der Waals surface area contributed by atoms with Gasteiger partial charge in [-0.25, -0.2) is 4.98 Å². The minimum absolute atomic E-state index is 0.0451. The molecule has 0 aliphatic heterocycles. The summed E-state index contributed by atoms with van der Waals surface area (Å²) in [7, 11) is 1.59. The van der Waals surface area contributed by atoms with Crippen LogP contribution in [0.3, 0.4) is 0 Å². The molecule has 134 valence electrons. The molecule has 2 aromatic carbocycles. The van der Waals surface area contributed by atoms with Crippen LogP contribution in [0.2, 0.25) is 0 Å². The molecule has 3 aromatic rings. The number of nitrogens with one attached hydrogen (secondary N) is 1. The topological polar surface area (TPSA) is 60.5 Å². The molecule has 0 saturated heterocycles. The predicted molar refractivity (Wildman–Crippen MR) is 103 cm³/mol. The summed E-state index contributed by atoms with van der Waals surface area (Å²) in [6.45, 7) is 2.35. The Morgan fingerprint density at radius 1 is 1.12 bits per heavy atom. The van der Waals surface area contributed by atoms with Crippen molar-refractivity contribution in [2.45, 2.75) is 13.5 Å². The number of amides is 1. The number of ether oxygens (including phenoxy) is 2. The summed E-state index contributed by atoms with van der Waals surface area (Å²) >= 11 is 1.59. The number of hydrogen-bond donors (Lipinski definition) is 1. The smallest absolute Gasteiger partial charge is 0.258 e. The Morgan fingerprint density at radius 2 is 1.88 bits per heavy atom. The van der Waals surface area contributed by atoms with Gasteiger partial charge >= 0.3 is 0 Å². The normalized spacial score (nSPS) is 10.4. The molecule has 1 aromatic heterocycles. The van der Waals surface area contributed by atoms with Crippen molar-refractivity contribution in [2.75, 3.05) is 13.7 Å². The summed E-state index contributed by atoms with van der Waals surface area (Å²) in [4.78, 5) is 17.7. The van der Waals surface area contributed by atoms with Crippen LogP contribution in [0.1, 0.15) is 10.6 Å². The number of carbonyl (C=O) groups is 1. The van der Waals surface area contributed by atoms with Crippen molar-refractivity contribution in [1.82, 2.24) is 10.3 Å². The van der Waals surface area contributed by atoms with Gasteiger partial charge < -0.3 is 14.8 Å². The van der Waals surface area contributed by atoms with Crippen molar-refractivity contribution in [3.05, 3.63) is 65.2 Å². The highest BCUT2D eigenvalue weighted by Gasteiger charge is 2.11. The lowest BCUT2D eigenvalue weighted by molar-refractivity contribution is -0.123. The van der Waals surface area contributed by atoms with E-state index in [1.54, 1.807) is 30.6 Å². The summed E-state index contributed by atoms with van der Waals surface area (Å²) in [5, 5.41) is 3.84.